The van der Waals surface area contributed by atoms with Gasteiger partial charge < -0.3 is 25.8 Å². The maximum absolute atomic E-state index is 12.6. The smallest absolute Gasteiger partial charge is 0.249 e. The lowest BCUT2D eigenvalue weighted by Crippen LogP contribution is -2.51. The van der Waals surface area contributed by atoms with Crippen molar-refractivity contribution in [2.24, 2.45) is 11.5 Å². The quantitative estimate of drug-likeness (QED) is 0.596. The fraction of sp³-hybridized carbons (Fsp3) is 0.333. The zero-order valence-electron chi connectivity index (χ0n) is 16.3. The molecule has 0 radical (unpaired) electrons. The van der Waals surface area contributed by atoms with Gasteiger partial charge in [0.25, 0.3) is 0 Å². The van der Waals surface area contributed by atoms with Crippen molar-refractivity contribution in [3.8, 4) is 11.5 Å². The van der Waals surface area contributed by atoms with Crippen molar-refractivity contribution in [2.75, 3.05) is 27.3 Å². The van der Waals surface area contributed by atoms with Crippen LogP contribution in [0.5, 0.6) is 11.5 Å². The number of ether oxygens (including phenoxy) is 2. The van der Waals surface area contributed by atoms with E-state index in [-0.39, 0.29) is 0 Å². The fourth-order valence-electron chi connectivity index (χ4n) is 2.76. The van der Waals surface area contributed by atoms with Crippen molar-refractivity contribution in [3.63, 3.8) is 0 Å². The minimum atomic E-state index is -1.34. The van der Waals surface area contributed by atoms with E-state index in [1.54, 1.807) is 19.1 Å². The summed E-state index contributed by atoms with van der Waals surface area (Å²) in [6.45, 7) is 0.866. The van der Waals surface area contributed by atoms with Crippen LogP contribution in [-0.4, -0.2) is 50.1 Å². The van der Waals surface area contributed by atoms with Crippen molar-refractivity contribution >= 4 is 11.8 Å². The standard InChI is InChI=1S/C21H27N3O4/c1-27-17-7-3-15(4-8-17)11-13-24(21(26)19(22)20(23)25)14-12-16-5-9-18(28-2)10-6-16/h3-10,19H,11-14,22H2,1-2H3,(H2,23,25). The van der Waals surface area contributed by atoms with Crippen LogP contribution in [0.2, 0.25) is 0 Å². The second-order valence-corrected chi connectivity index (χ2v) is 6.40. The van der Waals surface area contributed by atoms with Crippen LogP contribution >= 0.6 is 0 Å². The Morgan fingerprint density at radius 2 is 1.25 bits per heavy atom. The molecule has 2 amide bonds. The number of methoxy groups -OCH3 is 2. The molecule has 0 heterocycles. The van der Waals surface area contributed by atoms with E-state index in [2.05, 4.69) is 0 Å². The average molecular weight is 385 g/mol. The van der Waals surface area contributed by atoms with E-state index in [0.717, 1.165) is 22.6 Å². The van der Waals surface area contributed by atoms with Crippen molar-refractivity contribution in [1.82, 2.24) is 4.90 Å². The third-order valence-electron chi connectivity index (χ3n) is 4.54. The van der Waals surface area contributed by atoms with E-state index < -0.39 is 17.9 Å². The topological polar surface area (TPSA) is 108 Å². The number of amides is 2. The molecule has 150 valence electrons. The summed E-state index contributed by atoms with van der Waals surface area (Å²) in [7, 11) is 3.22. The van der Waals surface area contributed by atoms with Gasteiger partial charge in [0.2, 0.25) is 11.8 Å². The number of carbonyl (C=O) groups is 2. The zero-order chi connectivity index (χ0) is 20.5. The number of benzene rings is 2. The second-order valence-electron chi connectivity index (χ2n) is 6.40. The summed E-state index contributed by atoms with van der Waals surface area (Å²) >= 11 is 0. The van der Waals surface area contributed by atoms with Crippen LogP contribution in [-0.2, 0) is 22.4 Å². The number of hydrogen-bond donors (Lipinski definition) is 2. The Labute approximate surface area is 165 Å². The van der Waals surface area contributed by atoms with Crippen LogP contribution in [0.25, 0.3) is 0 Å². The van der Waals surface area contributed by atoms with Gasteiger partial charge in [0, 0.05) is 13.1 Å². The molecule has 1 atom stereocenters. The summed E-state index contributed by atoms with van der Waals surface area (Å²) in [5.74, 6) is 0.247. The Kier molecular flexibility index (Phi) is 7.83. The molecule has 28 heavy (non-hydrogen) atoms. The molecule has 0 bridgehead atoms. The first-order valence-corrected chi connectivity index (χ1v) is 9.04. The molecule has 0 aliphatic rings. The zero-order valence-corrected chi connectivity index (χ0v) is 16.3. The van der Waals surface area contributed by atoms with E-state index in [0.29, 0.717) is 25.9 Å². The molecule has 0 aliphatic heterocycles. The summed E-state index contributed by atoms with van der Waals surface area (Å²) in [6, 6.07) is 13.9. The first kappa shape index (κ1) is 21.2. The van der Waals surface area contributed by atoms with Gasteiger partial charge in [-0.2, -0.15) is 0 Å². The first-order chi connectivity index (χ1) is 13.4. The van der Waals surface area contributed by atoms with Gasteiger partial charge in [-0.05, 0) is 48.2 Å². The average Bonchev–Trinajstić information content (AvgIpc) is 2.73. The number of primary amides is 1. The van der Waals surface area contributed by atoms with E-state index in [4.69, 9.17) is 20.9 Å². The minimum absolute atomic E-state index is 0.433. The molecule has 0 saturated heterocycles. The Morgan fingerprint density at radius 3 is 1.57 bits per heavy atom. The third-order valence-corrected chi connectivity index (χ3v) is 4.54. The Morgan fingerprint density at radius 1 is 0.857 bits per heavy atom. The van der Waals surface area contributed by atoms with Crippen molar-refractivity contribution in [3.05, 3.63) is 59.7 Å². The number of carbonyl (C=O) groups excluding carboxylic acids is 2. The van der Waals surface area contributed by atoms with Gasteiger partial charge in [0.1, 0.15) is 11.5 Å². The number of nitrogens with two attached hydrogens (primary N) is 2. The fourth-order valence-corrected chi connectivity index (χ4v) is 2.76. The van der Waals surface area contributed by atoms with Crippen LogP contribution < -0.4 is 20.9 Å². The first-order valence-electron chi connectivity index (χ1n) is 9.04. The van der Waals surface area contributed by atoms with Gasteiger partial charge in [0.05, 0.1) is 14.2 Å². The lowest BCUT2D eigenvalue weighted by atomic mass is 10.1. The summed E-state index contributed by atoms with van der Waals surface area (Å²) in [6.07, 6.45) is 1.26. The summed E-state index contributed by atoms with van der Waals surface area (Å²) in [5.41, 5.74) is 13.0. The normalized spacial score (nSPS) is 11.5. The third kappa shape index (κ3) is 5.99. The largest absolute Gasteiger partial charge is 0.497 e. The van der Waals surface area contributed by atoms with Crippen molar-refractivity contribution in [1.29, 1.82) is 0 Å². The molecular formula is C21H27N3O4. The molecule has 2 aromatic rings. The van der Waals surface area contributed by atoms with Crippen LogP contribution in [0, 0.1) is 0 Å². The highest BCUT2D eigenvalue weighted by Gasteiger charge is 2.25. The van der Waals surface area contributed by atoms with E-state index in [9.17, 15) is 9.59 Å². The highest BCUT2D eigenvalue weighted by Crippen LogP contribution is 2.14. The Bertz CT molecular complexity index is 724. The molecular weight excluding hydrogens is 358 g/mol. The summed E-state index contributed by atoms with van der Waals surface area (Å²) < 4.78 is 10.3. The molecule has 0 spiro atoms. The van der Waals surface area contributed by atoms with Gasteiger partial charge in [-0.15, -0.1) is 0 Å². The molecule has 0 saturated carbocycles. The molecule has 2 aromatic carbocycles. The summed E-state index contributed by atoms with van der Waals surface area (Å²) in [4.78, 5) is 25.5. The maximum Gasteiger partial charge on any atom is 0.249 e. The van der Waals surface area contributed by atoms with Crippen LogP contribution in [0.15, 0.2) is 48.5 Å². The number of rotatable bonds is 10. The van der Waals surface area contributed by atoms with Crippen LogP contribution in [0.4, 0.5) is 0 Å². The SMILES string of the molecule is COc1ccc(CCN(CCc2ccc(OC)cc2)C(=O)C(N)C(N)=O)cc1. The lowest BCUT2D eigenvalue weighted by Gasteiger charge is -2.25. The maximum atomic E-state index is 12.6. The number of nitrogens with zero attached hydrogens (tertiary/aromatic N) is 1. The van der Waals surface area contributed by atoms with E-state index in [1.165, 1.54) is 0 Å². The van der Waals surface area contributed by atoms with Crippen LogP contribution in [0.1, 0.15) is 11.1 Å². The lowest BCUT2D eigenvalue weighted by molar-refractivity contribution is -0.137. The molecule has 0 fully saturated rings. The predicted molar refractivity (Wildman–Crippen MR) is 107 cm³/mol. The highest BCUT2D eigenvalue weighted by atomic mass is 16.5. The number of hydrogen-bond acceptors (Lipinski definition) is 5. The van der Waals surface area contributed by atoms with Gasteiger partial charge in [-0.1, -0.05) is 24.3 Å². The van der Waals surface area contributed by atoms with E-state index in [1.807, 2.05) is 48.5 Å². The molecule has 2 rings (SSSR count). The molecule has 7 nitrogen and oxygen atoms in total. The Balaban J connectivity index is 2.04. The monoisotopic (exact) mass is 385 g/mol. The van der Waals surface area contributed by atoms with Gasteiger partial charge in [0.15, 0.2) is 6.04 Å². The summed E-state index contributed by atoms with van der Waals surface area (Å²) in [5, 5.41) is 0. The molecule has 7 heteroatoms. The van der Waals surface area contributed by atoms with Crippen LogP contribution in [0.3, 0.4) is 0 Å². The minimum Gasteiger partial charge on any atom is -0.497 e. The highest BCUT2D eigenvalue weighted by molar-refractivity contribution is 6.03. The molecule has 4 N–H and O–H groups in total. The van der Waals surface area contributed by atoms with Crippen molar-refractivity contribution in [2.45, 2.75) is 18.9 Å². The van der Waals surface area contributed by atoms with Gasteiger partial charge >= 0.3 is 0 Å². The molecule has 0 aliphatic carbocycles. The molecule has 0 aromatic heterocycles. The second kappa shape index (κ2) is 10.3. The van der Waals surface area contributed by atoms with E-state index >= 15 is 0 Å². The van der Waals surface area contributed by atoms with Gasteiger partial charge in [-0.25, -0.2) is 0 Å². The van der Waals surface area contributed by atoms with Gasteiger partial charge in [-0.3, -0.25) is 9.59 Å². The molecule has 1 unspecified atom stereocenters. The Hall–Kier alpha value is -3.06. The predicted octanol–water partition coefficient (Wildman–Crippen LogP) is 1.13. The van der Waals surface area contributed by atoms with Crippen molar-refractivity contribution < 1.29 is 19.1 Å².